The molecule has 0 radical (unpaired) electrons. The Bertz CT molecular complexity index is 1070. The summed E-state index contributed by atoms with van der Waals surface area (Å²) in [7, 11) is 0. The van der Waals surface area contributed by atoms with Crippen LogP contribution in [0.1, 0.15) is 22.6 Å². The number of aromatic nitrogens is 2. The monoisotopic (exact) mass is 458 g/mol. The van der Waals surface area contributed by atoms with Crippen molar-refractivity contribution >= 4 is 39.9 Å². The molecule has 0 spiro atoms. The topological polar surface area (TPSA) is 75.2 Å². The van der Waals surface area contributed by atoms with Crippen LogP contribution in [0.2, 0.25) is 5.02 Å². The highest BCUT2D eigenvalue weighted by Crippen LogP contribution is 2.23. The summed E-state index contributed by atoms with van der Waals surface area (Å²) in [5.41, 5.74) is 2.00. The zero-order valence-electron chi connectivity index (χ0n) is 16.6. The molecule has 31 heavy (non-hydrogen) atoms. The van der Waals surface area contributed by atoms with Crippen LogP contribution in [0.25, 0.3) is 0 Å². The summed E-state index contributed by atoms with van der Waals surface area (Å²) in [5, 5.41) is 12.8. The van der Waals surface area contributed by atoms with Gasteiger partial charge in [0.05, 0.1) is 5.92 Å². The highest BCUT2D eigenvalue weighted by atomic mass is 35.5. The van der Waals surface area contributed by atoms with Gasteiger partial charge in [-0.25, -0.2) is 4.39 Å². The van der Waals surface area contributed by atoms with E-state index in [1.165, 1.54) is 23.5 Å². The largest absolute Gasteiger partial charge is 0.342 e. The van der Waals surface area contributed by atoms with Gasteiger partial charge in [-0.15, -0.1) is 10.2 Å². The first-order valence-corrected chi connectivity index (χ1v) is 11.1. The maximum atomic E-state index is 13.0. The van der Waals surface area contributed by atoms with E-state index in [1.807, 2.05) is 24.3 Å². The van der Waals surface area contributed by atoms with E-state index in [0.29, 0.717) is 36.1 Å². The third kappa shape index (κ3) is 5.65. The molecule has 1 fully saturated rings. The Morgan fingerprint density at radius 3 is 2.58 bits per heavy atom. The van der Waals surface area contributed by atoms with E-state index in [0.717, 1.165) is 16.1 Å². The van der Waals surface area contributed by atoms with Crippen LogP contribution in [0, 0.1) is 11.7 Å². The van der Waals surface area contributed by atoms with Crippen molar-refractivity contribution in [3.05, 3.63) is 75.5 Å². The van der Waals surface area contributed by atoms with Crippen LogP contribution in [0.4, 0.5) is 9.52 Å². The van der Waals surface area contributed by atoms with Gasteiger partial charge < -0.3 is 10.2 Å². The second kappa shape index (κ2) is 9.53. The predicted molar refractivity (Wildman–Crippen MR) is 118 cm³/mol. The number of hydrogen-bond acceptors (Lipinski definition) is 5. The minimum Gasteiger partial charge on any atom is -0.342 e. The van der Waals surface area contributed by atoms with Crippen molar-refractivity contribution in [1.82, 2.24) is 15.1 Å². The Kier molecular flexibility index (Phi) is 6.58. The van der Waals surface area contributed by atoms with Gasteiger partial charge in [0.15, 0.2) is 0 Å². The number of benzene rings is 2. The lowest BCUT2D eigenvalue weighted by Crippen LogP contribution is -2.30. The van der Waals surface area contributed by atoms with Crippen molar-refractivity contribution in [3.63, 3.8) is 0 Å². The van der Waals surface area contributed by atoms with Crippen LogP contribution >= 0.6 is 22.9 Å². The number of hydrogen-bond donors (Lipinski definition) is 1. The van der Waals surface area contributed by atoms with E-state index < -0.39 is 5.92 Å². The van der Waals surface area contributed by atoms with Gasteiger partial charge in [0.1, 0.15) is 10.8 Å². The molecule has 3 aromatic rings. The van der Waals surface area contributed by atoms with E-state index >= 15 is 0 Å². The van der Waals surface area contributed by atoms with Crippen molar-refractivity contribution in [2.75, 3.05) is 18.4 Å². The standard InChI is InChI=1S/C22H20ClFN4O2S/c23-17-5-1-15(2-6-17)11-19-26-27-22(31-19)25-21(30)16-12-20(29)28(13-16)10-9-14-3-7-18(24)8-4-14/h1-8,16H,9-13H2,(H,25,27,30)/t16-/m1/s1. The summed E-state index contributed by atoms with van der Waals surface area (Å²) in [6.07, 6.45) is 1.39. The molecule has 0 unspecified atom stereocenters. The molecule has 0 bridgehead atoms. The molecule has 160 valence electrons. The molecule has 1 aliphatic heterocycles. The molecule has 6 nitrogen and oxygen atoms in total. The lowest BCUT2D eigenvalue weighted by molar-refractivity contribution is -0.128. The van der Waals surface area contributed by atoms with Crippen molar-refractivity contribution in [2.45, 2.75) is 19.3 Å². The summed E-state index contributed by atoms with van der Waals surface area (Å²) >= 11 is 7.21. The molecule has 1 N–H and O–H groups in total. The molecule has 9 heteroatoms. The van der Waals surface area contributed by atoms with Gasteiger partial charge in [-0.2, -0.15) is 0 Å². The smallest absolute Gasteiger partial charge is 0.231 e. The van der Waals surface area contributed by atoms with E-state index in [1.54, 1.807) is 17.0 Å². The first kappa shape index (κ1) is 21.4. The number of amides is 2. The number of carbonyl (C=O) groups excluding carboxylic acids is 2. The molecule has 1 saturated heterocycles. The Labute approximate surface area is 188 Å². The predicted octanol–water partition coefficient (Wildman–Crippen LogP) is 3.95. The van der Waals surface area contributed by atoms with Gasteiger partial charge >= 0.3 is 0 Å². The SMILES string of the molecule is O=C(Nc1nnc(Cc2ccc(Cl)cc2)s1)[C@@H]1CC(=O)N(CCc2ccc(F)cc2)C1. The van der Waals surface area contributed by atoms with Gasteiger partial charge in [-0.3, -0.25) is 9.59 Å². The normalized spacial score (nSPS) is 16.0. The van der Waals surface area contributed by atoms with Crippen LogP contribution in [-0.4, -0.2) is 40.0 Å². The van der Waals surface area contributed by atoms with Crippen molar-refractivity contribution in [3.8, 4) is 0 Å². The highest BCUT2D eigenvalue weighted by Gasteiger charge is 2.34. The van der Waals surface area contributed by atoms with Gasteiger partial charge in [0.2, 0.25) is 16.9 Å². The zero-order chi connectivity index (χ0) is 21.8. The van der Waals surface area contributed by atoms with Gasteiger partial charge in [-0.05, 0) is 41.8 Å². The number of carbonyl (C=O) groups is 2. The Morgan fingerprint density at radius 2 is 1.84 bits per heavy atom. The molecule has 0 saturated carbocycles. The second-order valence-electron chi connectivity index (χ2n) is 7.41. The Balaban J connectivity index is 1.28. The minimum atomic E-state index is -0.427. The van der Waals surface area contributed by atoms with Crippen molar-refractivity contribution in [2.24, 2.45) is 5.92 Å². The van der Waals surface area contributed by atoms with Gasteiger partial charge in [-0.1, -0.05) is 47.2 Å². The Morgan fingerprint density at radius 1 is 1.13 bits per heavy atom. The molecule has 0 aliphatic carbocycles. The first-order valence-electron chi connectivity index (χ1n) is 9.86. The van der Waals surface area contributed by atoms with Crippen molar-refractivity contribution < 1.29 is 14.0 Å². The van der Waals surface area contributed by atoms with Crippen LogP contribution in [0.15, 0.2) is 48.5 Å². The second-order valence-corrected chi connectivity index (χ2v) is 8.91. The fourth-order valence-corrected chi connectivity index (χ4v) is 4.34. The summed E-state index contributed by atoms with van der Waals surface area (Å²) in [5.74, 6) is -0.996. The summed E-state index contributed by atoms with van der Waals surface area (Å²) in [4.78, 5) is 26.6. The molecule has 2 heterocycles. The van der Waals surface area contributed by atoms with Crippen LogP contribution in [0.5, 0.6) is 0 Å². The maximum absolute atomic E-state index is 13.0. The number of nitrogens with zero attached hydrogens (tertiary/aromatic N) is 3. The van der Waals surface area contributed by atoms with E-state index in [9.17, 15) is 14.0 Å². The highest BCUT2D eigenvalue weighted by molar-refractivity contribution is 7.15. The quantitative estimate of drug-likeness (QED) is 0.581. The zero-order valence-corrected chi connectivity index (χ0v) is 18.1. The van der Waals surface area contributed by atoms with Gasteiger partial charge in [0.25, 0.3) is 0 Å². The van der Waals surface area contributed by atoms with Crippen molar-refractivity contribution in [1.29, 1.82) is 0 Å². The number of likely N-dealkylation sites (tertiary alicyclic amines) is 1. The number of rotatable bonds is 7. The molecule has 2 amide bonds. The molecule has 1 aromatic heterocycles. The number of nitrogens with one attached hydrogen (secondary N) is 1. The third-order valence-electron chi connectivity index (χ3n) is 5.13. The van der Waals surface area contributed by atoms with E-state index in [-0.39, 0.29) is 24.1 Å². The summed E-state index contributed by atoms with van der Waals surface area (Å²) in [6.45, 7) is 0.862. The fourth-order valence-electron chi connectivity index (χ4n) is 3.44. The summed E-state index contributed by atoms with van der Waals surface area (Å²) < 4.78 is 13.0. The van der Waals surface area contributed by atoms with E-state index in [2.05, 4.69) is 15.5 Å². The van der Waals surface area contributed by atoms with Crippen LogP contribution < -0.4 is 5.32 Å². The number of anilines is 1. The Hall–Kier alpha value is -2.84. The molecule has 4 rings (SSSR count). The molecule has 2 aromatic carbocycles. The van der Waals surface area contributed by atoms with E-state index in [4.69, 9.17) is 11.6 Å². The molecular formula is C22H20ClFN4O2S. The first-order chi connectivity index (χ1) is 15.0. The number of halogens is 2. The lowest BCUT2D eigenvalue weighted by Gasteiger charge is -2.16. The maximum Gasteiger partial charge on any atom is 0.231 e. The van der Waals surface area contributed by atoms with Gasteiger partial charge in [0, 0.05) is 31.0 Å². The van der Waals surface area contributed by atoms with Crippen LogP contribution in [0.3, 0.4) is 0 Å². The summed E-state index contributed by atoms with van der Waals surface area (Å²) in [6, 6.07) is 13.7. The fraction of sp³-hybridized carbons (Fsp3) is 0.273. The molecular weight excluding hydrogens is 439 g/mol. The minimum absolute atomic E-state index is 0.0528. The molecule has 1 aliphatic rings. The third-order valence-corrected chi connectivity index (χ3v) is 6.23. The van der Waals surface area contributed by atoms with Crippen LogP contribution in [-0.2, 0) is 22.4 Å². The lowest BCUT2D eigenvalue weighted by atomic mass is 10.1. The average Bonchev–Trinajstić information content (AvgIpc) is 3.35. The molecule has 1 atom stereocenters. The average molecular weight is 459 g/mol.